The minimum absolute atomic E-state index is 0.0809. The number of hydrogen-bond acceptors (Lipinski definition) is 2. The summed E-state index contributed by atoms with van der Waals surface area (Å²) in [6, 6.07) is 34.7. The lowest BCUT2D eigenvalue weighted by atomic mass is 9.88. The lowest BCUT2D eigenvalue weighted by molar-refractivity contribution is -0.570. The van der Waals surface area contributed by atoms with E-state index < -0.39 is 60.4 Å². The maximum absolute atomic E-state index is 9.55. The normalized spacial score (nSPS) is 14.8. The molecule has 5 nitrogen and oxygen atoms in total. The molecule has 0 N–H and O–H groups in total. The molecule has 0 atom stereocenters. The van der Waals surface area contributed by atoms with Crippen molar-refractivity contribution in [2.45, 2.75) is 26.2 Å². The van der Waals surface area contributed by atoms with Crippen LogP contribution in [0.5, 0.6) is 11.5 Å². The fourth-order valence-corrected chi connectivity index (χ4v) is 9.64. The topological polar surface area (TPSA) is 35.9 Å². The maximum Gasteiger partial charge on any atom is 0.269 e. The minimum atomic E-state index is -0.566. The SMILES string of the molecule is [2H]c1c([2H])c([2H])c(-c2ccc3c4ccc(Oc5cccc(-n6[c-][n+]7c8c(cccc86)-c6ccccc6-c6c([2H])c([2H])c([2H])c([2H])c6-c6cccc(-c8c([2H])c([2H])c([2H])c([2H])c8[2H])c6-7)c5)cc4n(-c4cc(C(C)(C)C)ccn4)c3c2)c([2H])c1[2H]. The van der Waals surface area contributed by atoms with Crippen molar-refractivity contribution in [1.29, 1.82) is 0 Å². The first-order valence-corrected chi connectivity index (χ1v) is 22.5. The molecular formula is C64H46N4O. The quantitative estimate of drug-likeness (QED) is 0.123. The average molecular weight is 901 g/mol. The first-order chi connectivity index (χ1) is 39.7. The summed E-state index contributed by atoms with van der Waals surface area (Å²) >= 11 is 0. The Hall–Kier alpha value is -8.80. The van der Waals surface area contributed by atoms with Crippen molar-refractivity contribution in [1.82, 2.24) is 14.1 Å². The molecule has 0 saturated heterocycles. The monoisotopic (exact) mass is 900 g/mol. The Morgan fingerprint density at radius 1 is 0.507 bits per heavy atom. The molecule has 0 amide bonds. The highest BCUT2D eigenvalue weighted by Crippen LogP contribution is 2.45. The van der Waals surface area contributed by atoms with Crippen molar-refractivity contribution in [3.63, 3.8) is 0 Å². The summed E-state index contributed by atoms with van der Waals surface area (Å²) in [5, 5.41) is 1.68. The van der Waals surface area contributed by atoms with Crippen molar-refractivity contribution in [2.24, 2.45) is 0 Å². The minimum Gasteiger partial charge on any atom is -0.458 e. The van der Waals surface area contributed by atoms with Crippen LogP contribution in [0.25, 0.3) is 106 Å². The molecule has 0 saturated carbocycles. The van der Waals surface area contributed by atoms with Gasteiger partial charge in [-0.25, -0.2) is 4.98 Å². The van der Waals surface area contributed by atoms with Gasteiger partial charge in [-0.3, -0.25) is 13.7 Å². The van der Waals surface area contributed by atoms with Crippen LogP contribution in [0, 0.1) is 6.33 Å². The van der Waals surface area contributed by atoms with Crippen LogP contribution in [-0.4, -0.2) is 14.1 Å². The molecule has 1 aliphatic heterocycles. The zero-order valence-corrected chi connectivity index (χ0v) is 37.5. The molecule has 13 rings (SSSR count). The maximum atomic E-state index is 9.55. The molecule has 0 spiro atoms. The summed E-state index contributed by atoms with van der Waals surface area (Å²) in [5.74, 6) is 1.50. The van der Waals surface area contributed by atoms with Gasteiger partial charge in [0.05, 0.1) is 52.6 Å². The Morgan fingerprint density at radius 2 is 1.13 bits per heavy atom. The molecule has 0 fully saturated rings. The Labute approximate surface area is 421 Å². The van der Waals surface area contributed by atoms with E-state index in [4.69, 9.17) is 23.4 Å². The number of rotatable bonds is 6. The standard InChI is InChI=1S/C64H46N4O/c1-64(2,3)45-35-36-65-61(38-45)68-59-37-44(42-17-6-4-7-18-42)31-33-54(59)55-34-32-48(40-60(55)68)69-47-22-14-21-46(39-47)66-41-67-62-49(43-19-8-5-9-20-43)27-15-28-56(62)52-25-12-10-23-50(52)51-24-11-13-26-53(51)57-29-16-30-58(66)63(57)67/h4-40H,1-3H3/i4D,5D,6D,7D,8D,9D,10D,12D,17D,18D,19D,20D,23D,25D. The molecule has 12 aromatic rings. The van der Waals surface area contributed by atoms with Crippen molar-refractivity contribution in [2.75, 3.05) is 0 Å². The Kier molecular flexibility index (Phi) is 6.55. The summed E-state index contributed by atoms with van der Waals surface area (Å²) in [6.07, 6.45) is 5.34. The van der Waals surface area contributed by atoms with Gasteiger partial charge in [-0.1, -0.05) is 184 Å². The van der Waals surface area contributed by atoms with Gasteiger partial charge in [0, 0.05) is 23.0 Å². The molecule has 4 heterocycles. The van der Waals surface area contributed by atoms with E-state index in [9.17, 15) is 5.48 Å². The number of benzene rings is 9. The summed E-state index contributed by atoms with van der Waals surface area (Å²) in [4.78, 5) is 4.87. The zero-order chi connectivity index (χ0) is 58.4. The largest absolute Gasteiger partial charge is 0.458 e. The fraction of sp³-hybridized carbons (Fsp3) is 0.0625. The average Bonchev–Trinajstić information content (AvgIpc) is 1.83. The van der Waals surface area contributed by atoms with Crippen LogP contribution in [0.15, 0.2) is 224 Å². The van der Waals surface area contributed by atoms with Gasteiger partial charge in [-0.2, -0.15) is 0 Å². The first-order valence-electron chi connectivity index (χ1n) is 29.5. The van der Waals surface area contributed by atoms with E-state index in [2.05, 4.69) is 27.1 Å². The smallest absolute Gasteiger partial charge is 0.269 e. The van der Waals surface area contributed by atoms with E-state index in [-0.39, 0.29) is 63.1 Å². The summed E-state index contributed by atoms with van der Waals surface area (Å²) in [7, 11) is 0. The Bertz CT molecular complexity index is 4770. The molecule has 0 unspecified atom stereocenters. The number of hydrogen-bond donors (Lipinski definition) is 0. The number of ether oxygens (including phenoxy) is 1. The third-order valence-corrected chi connectivity index (χ3v) is 12.8. The molecule has 9 aromatic carbocycles. The van der Waals surface area contributed by atoms with Crippen LogP contribution < -0.4 is 9.30 Å². The van der Waals surface area contributed by atoms with E-state index in [1.54, 1.807) is 35.0 Å². The second-order valence-electron chi connectivity index (χ2n) is 17.9. The van der Waals surface area contributed by atoms with E-state index in [1.807, 2.05) is 118 Å². The van der Waals surface area contributed by atoms with Crippen LogP contribution >= 0.6 is 0 Å². The molecule has 1 aliphatic rings. The van der Waals surface area contributed by atoms with Crippen LogP contribution in [0.1, 0.15) is 45.5 Å². The molecule has 0 bridgehead atoms. The van der Waals surface area contributed by atoms with Gasteiger partial charge >= 0.3 is 0 Å². The second-order valence-corrected chi connectivity index (χ2v) is 17.9. The lowest BCUT2D eigenvalue weighted by Gasteiger charge is -2.20. The third kappa shape index (κ3) is 6.77. The van der Waals surface area contributed by atoms with Gasteiger partial charge in [-0.05, 0) is 115 Å². The predicted molar refractivity (Wildman–Crippen MR) is 282 cm³/mol. The third-order valence-electron chi connectivity index (χ3n) is 12.8. The second kappa shape index (κ2) is 15.9. The van der Waals surface area contributed by atoms with E-state index in [0.717, 1.165) is 21.9 Å². The van der Waals surface area contributed by atoms with Gasteiger partial charge in [0.25, 0.3) is 6.33 Å². The van der Waals surface area contributed by atoms with E-state index in [1.165, 1.54) is 0 Å². The highest BCUT2D eigenvalue weighted by Gasteiger charge is 2.26. The van der Waals surface area contributed by atoms with Crippen molar-refractivity contribution < 1.29 is 28.5 Å². The Balaban J connectivity index is 1.02. The predicted octanol–water partition coefficient (Wildman–Crippen LogP) is 15.9. The number of aromatic nitrogens is 4. The molecule has 0 radical (unpaired) electrons. The number of imidazole rings is 1. The molecule has 69 heavy (non-hydrogen) atoms. The van der Waals surface area contributed by atoms with Crippen molar-refractivity contribution >= 4 is 32.8 Å². The molecule has 328 valence electrons. The van der Waals surface area contributed by atoms with Gasteiger partial charge in [-0.15, -0.1) is 0 Å². The number of pyridine rings is 1. The fourth-order valence-electron chi connectivity index (χ4n) is 9.64. The summed E-state index contributed by atoms with van der Waals surface area (Å²) in [6.45, 7) is 6.34. The highest BCUT2D eigenvalue weighted by molar-refractivity contribution is 6.10. The zero-order valence-electron chi connectivity index (χ0n) is 51.5. The summed E-state index contributed by atoms with van der Waals surface area (Å²) < 4.78 is 136. The van der Waals surface area contributed by atoms with E-state index >= 15 is 0 Å². The van der Waals surface area contributed by atoms with Crippen LogP contribution in [0.2, 0.25) is 0 Å². The number of fused-ring (bicyclic) bond motifs is 10. The molecule has 3 aromatic heterocycles. The molecule has 0 aliphatic carbocycles. The van der Waals surface area contributed by atoms with Crippen LogP contribution in [0.3, 0.4) is 0 Å². The van der Waals surface area contributed by atoms with Gasteiger partial charge in [0.15, 0.2) is 0 Å². The van der Waals surface area contributed by atoms with Crippen molar-refractivity contribution in [3.8, 4) is 84.3 Å². The van der Waals surface area contributed by atoms with Crippen molar-refractivity contribution in [3.05, 3.63) is 236 Å². The lowest BCUT2D eigenvalue weighted by Crippen LogP contribution is -2.32. The van der Waals surface area contributed by atoms with Crippen LogP contribution in [0.4, 0.5) is 0 Å². The Morgan fingerprint density at radius 3 is 1.91 bits per heavy atom. The van der Waals surface area contributed by atoms with Gasteiger partial charge < -0.3 is 4.74 Å². The number of para-hydroxylation sites is 2. The van der Waals surface area contributed by atoms with Gasteiger partial charge in [0.2, 0.25) is 0 Å². The first kappa shape index (κ1) is 28.4. The van der Waals surface area contributed by atoms with Gasteiger partial charge in [0.1, 0.15) is 17.3 Å². The number of nitrogens with zero attached hydrogens (tertiary/aromatic N) is 4. The molecule has 5 heteroatoms. The molecular weight excluding hydrogens is 841 g/mol. The van der Waals surface area contributed by atoms with E-state index in [0.29, 0.717) is 67.4 Å². The summed E-state index contributed by atoms with van der Waals surface area (Å²) in [5.41, 5.74) is 7.41. The van der Waals surface area contributed by atoms with Crippen LogP contribution in [-0.2, 0) is 5.41 Å². The highest BCUT2D eigenvalue weighted by atomic mass is 16.5.